The van der Waals surface area contributed by atoms with Crippen molar-refractivity contribution in [1.29, 1.82) is 5.26 Å². The minimum absolute atomic E-state index is 0.519. The Hall–Kier alpha value is -2.34. The standard InChI is InChI=1S/C13H10N2O/c1-16-13-6-5-10(8-11(13)9-14)12-4-2-3-7-15-12/h2-8H,1H3. The number of pyridine rings is 1. The summed E-state index contributed by atoms with van der Waals surface area (Å²) in [7, 11) is 1.55. The highest BCUT2D eigenvalue weighted by molar-refractivity contribution is 5.63. The molecule has 0 fully saturated rings. The SMILES string of the molecule is COc1ccc(-c2ccccn2)cc1C#N. The summed E-state index contributed by atoms with van der Waals surface area (Å²) >= 11 is 0. The summed E-state index contributed by atoms with van der Waals surface area (Å²) in [6.07, 6.45) is 1.73. The number of aromatic nitrogens is 1. The van der Waals surface area contributed by atoms with E-state index in [9.17, 15) is 0 Å². The third-order valence-electron chi connectivity index (χ3n) is 2.28. The molecule has 2 rings (SSSR count). The molecule has 1 aromatic heterocycles. The number of benzene rings is 1. The zero-order valence-corrected chi connectivity index (χ0v) is 8.84. The molecule has 1 aromatic carbocycles. The molecular formula is C13H10N2O. The fourth-order valence-corrected chi connectivity index (χ4v) is 1.49. The van der Waals surface area contributed by atoms with Gasteiger partial charge in [-0.15, -0.1) is 0 Å². The van der Waals surface area contributed by atoms with Gasteiger partial charge in [-0.2, -0.15) is 5.26 Å². The maximum Gasteiger partial charge on any atom is 0.136 e. The molecule has 16 heavy (non-hydrogen) atoms. The highest BCUT2D eigenvalue weighted by Crippen LogP contribution is 2.24. The summed E-state index contributed by atoms with van der Waals surface area (Å²) in [5.41, 5.74) is 2.28. The normalized spacial score (nSPS) is 9.50. The van der Waals surface area contributed by atoms with E-state index >= 15 is 0 Å². The molecule has 78 valence electrons. The minimum Gasteiger partial charge on any atom is -0.495 e. The van der Waals surface area contributed by atoms with Gasteiger partial charge in [-0.3, -0.25) is 4.98 Å². The molecule has 0 aliphatic heterocycles. The van der Waals surface area contributed by atoms with Gasteiger partial charge in [0.25, 0.3) is 0 Å². The van der Waals surface area contributed by atoms with Crippen molar-refractivity contribution in [1.82, 2.24) is 4.98 Å². The van der Waals surface area contributed by atoms with Gasteiger partial charge >= 0.3 is 0 Å². The second-order valence-electron chi connectivity index (χ2n) is 3.24. The van der Waals surface area contributed by atoms with Crippen molar-refractivity contribution in [2.45, 2.75) is 0 Å². The molecule has 0 N–H and O–H groups in total. The van der Waals surface area contributed by atoms with Gasteiger partial charge in [-0.25, -0.2) is 0 Å². The quantitative estimate of drug-likeness (QED) is 0.765. The van der Waals surface area contributed by atoms with Crippen LogP contribution in [0.5, 0.6) is 5.75 Å². The molecule has 0 spiro atoms. The third-order valence-corrected chi connectivity index (χ3v) is 2.28. The van der Waals surface area contributed by atoms with Crippen molar-refractivity contribution in [2.75, 3.05) is 7.11 Å². The number of methoxy groups -OCH3 is 1. The van der Waals surface area contributed by atoms with Crippen molar-refractivity contribution in [2.24, 2.45) is 0 Å². The number of nitriles is 1. The summed E-state index contributed by atoms with van der Waals surface area (Å²) in [6, 6.07) is 13.2. The van der Waals surface area contributed by atoms with Gasteiger partial charge in [-0.1, -0.05) is 6.07 Å². The fraction of sp³-hybridized carbons (Fsp3) is 0.0769. The summed E-state index contributed by atoms with van der Waals surface area (Å²) in [5.74, 6) is 0.585. The molecule has 0 saturated carbocycles. The first kappa shape index (κ1) is 10.2. The van der Waals surface area contributed by atoms with Crippen LogP contribution in [0.1, 0.15) is 5.56 Å². The maximum absolute atomic E-state index is 8.97. The molecule has 0 unspecified atom stereocenters. The van der Waals surface area contributed by atoms with Crippen molar-refractivity contribution in [3.05, 3.63) is 48.2 Å². The lowest BCUT2D eigenvalue weighted by molar-refractivity contribution is 0.413. The monoisotopic (exact) mass is 210 g/mol. The number of hydrogen-bond acceptors (Lipinski definition) is 3. The maximum atomic E-state index is 8.97. The van der Waals surface area contributed by atoms with Gasteiger partial charge in [0.1, 0.15) is 11.8 Å². The Morgan fingerprint density at radius 1 is 1.25 bits per heavy atom. The van der Waals surface area contributed by atoms with E-state index in [2.05, 4.69) is 11.1 Å². The Morgan fingerprint density at radius 3 is 2.75 bits per heavy atom. The van der Waals surface area contributed by atoms with E-state index in [0.29, 0.717) is 11.3 Å². The molecule has 1 heterocycles. The van der Waals surface area contributed by atoms with Crippen molar-refractivity contribution in [3.8, 4) is 23.1 Å². The van der Waals surface area contributed by atoms with E-state index in [0.717, 1.165) is 11.3 Å². The Bertz CT molecular complexity index is 529. The topological polar surface area (TPSA) is 45.9 Å². The van der Waals surface area contributed by atoms with Crippen LogP contribution in [0.4, 0.5) is 0 Å². The Morgan fingerprint density at radius 2 is 2.12 bits per heavy atom. The highest BCUT2D eigenvalue weighted by Gasteiger charge is 2.05. The predicted molar refractivity (Wildman–Crippen MR) is 60.9 cm³/mol. The van der Waals surface area contributed by atoms with Crippen LogP contribution in [0.3, 0.4) is 0 Å². The van der Waals surface area contributed by atoms with Crippen LogP contribution in [-0.2, 0) is 0 Å². The molecule has 0 atom stereocenters. The van der Waals surface area contributed by atoms with Crippen LogP contribution in [0.15, 0.2) is 42.6 Å². The number of rotatable bonds is 2. The molecule has 0 radical (unpaired) electrons. The van der Waals surface area contributed by atoms with Gasteiger partial charge in [0, 0.05) is 11.8 Å². The molecule has 0 saturated heterocycles. The molecule has 0 aliphatic carbocycles. The largest absolute Gasteiger partial charge is 0.495 e. The third kappa shape index (κ3) is 1.86. The van der Waals surface area contributed by atoms with Crippen LogP contribution in [0.2, 0.25) is 0 Å². The lowest BCUT2D eigenvalue weighted by Gasteiger charge is -2.05. The fourth-order valence-electron chi connectivity index (χ4n) is 1.49. The molecule has 0 amide bonds. The highest BCUT2D eigenvalue weighted by atomic mass is 16.5. The van der Waals surface area contributed by atoms with Gasteiger partial charge in [0.05, 0.1) is 18.4 Å². The number of ether oxygens (including phenoxy) is 1. The van der Waals surface area contributed by atoms with Crippen molar-refractivity contribution >= 4 is 0 Å². The van der Waals surface area contributed by atoms with E-state index in [1.54, 1.807) is 25.4 Å². The second-order valence-corrected chi connectivity index (χ2v) is 3.24. The van der Waals surface area contributed by atoms with Gasteiger partial charge in [-0.05, 0) is 30.3 Å². The summed E-state index contributed by atoms with van der Waals surface area (Å²) < 4.78 is 5.08. The van der Waals surface area contributed by atoms with Gasteiger partial charge < -0.3 is 4.74 Å². The summed E-state index contributed by atoms with van der Waals surface area (Å²) in [4.78, 5) is 4.23. The number of nitrogens with zero attached hydrogens (tertiary/aromatic N) is 2. The molecule has 0 bridgehead atoms. The van der Waals surface area contributed by atoms with Crippen molar-refractivity contribution in [3.63, 3.8) is 0 Å². The van der Waals surface area contributed by atoms with E-state index in [-0.39, 0.29) is 0 Å². The van der Waals surface area contributed by atoms with Crippen LogP contribution in [-0.4, -0.2) is 12.1 Å². The molecule has 2 aromatic rings. The average Bonchev–Trinajstić information content (AvgIpc) is 2.39. The van der Waals surface area contributed by atoms with Crippen molar-refractivity contribution < 1.29 is 4.74 Å². The van der Waals surface area contributed by atoms with Crippen LogP contribution >= 0.6 is 0 Å². The minimum atomic E-state index is 0.519. The average molecular weight is 210 g/mol. The summed E-state index contributed by atoms with van der Waals surface area (Å²) in [5, 5.41) is 8.97. The molecule has 3 nitrogen and oxygen atoms in total. The van der Waals surface area contributed by atoms with Crippen LogP contribution in [0.25, 0.3) is 11.3 Å². The van der Waals surface area contributed by atoms with E-state index in [1.807, 2.05) is 24.3 Å². The first-order chi connectivity index (χ1) is 7.85. The zero-order chi connectivity index (χ0) is 11.4. The predicted octanol–water partition coefficient (Wildman–Crippen LogP) is 2.63. The lowest BCUT2D eigenvalue weighted by atomic mass is 10.1. The van der Waals surface area contributed by atoms with Gasteiger partial charge in [0.15, 0.2) is 0 Å². The zero-order valence-electron chi connectivity index (χ0n) is 8.84. The van der Waals surface area contributed by atoms with Crippen LogP contribution < -0.4 is 4.74 Å². The molecule has 3 heteroatoms. The molecular weight excluding hydrogens is 200 g/mol. The lowest BCUT2D eigenvalue weighted by Crippen LogP contribution is -1.89. The number of hydrogen-bond donors (Lipinski definition) is 0. The first-order valence-corrected chi connectivity index (χ1v) is 4.84. The van der Waals surface area contributed by atoms with E-state index in [1.165, 1.54) is 0 Å². The first-order valence-electron chi connectivity index (χ1n) is 4.84. The Labute approximate surface area is 93.9 Å². The van der Waals surface area contributed by atoms with E-state index in [4.69, 9.17) is 10.00 Å². The van der Waals surface area contributed by atoms with E-state index < -0.39 is 0 Å². The second kappa shape index (κ2) is 4.45. The molecule has 0 aliphatic rings. The van der Waals surface area contributed by atoms with Crippen LogP contribution in [0, 0.1) is 11.3 Å². The Kier molecular flexibility index (Phi) is 2.84. The smallest absolute Gasteiger partial charge is 0.136 e. The summed E-state index contributed by atoms with van der Waals surface area (Å²) in [6.45, 7) is 0. The Balaban J connectivity index is 2.49. The van der Waals surface area contributed by atoms with Gasteiger partial charge in [0.2, 0.25) is 0 Å².